The molecule has 0 unspecified atom stereocenters. The second kappa shape index (κ2) is 6.39. The fraction of sp³-hybridized carbons (Fsp3) is 0.125. The average Bonchev–Trinajstić information content (AvgIpc) is 2.53. The smallest absolute Gasteiger partial charge is 0.234 e. The second-order valence-corrected chi connectivity index (χ2v) is 4.94. The molecule has 20 heavy (non-hydrogen) atoms. The van der Waals surface area contributed by atoms with Crippen LogP contribution >= 0.6 is 11.8 Å². The Hall–Kier alpha value is -2.07. The van der Waals surface area contributed by atoms with Gasteiger partial charge in [-0.05, 0) is 42.7 Å². The van der Waals surface area contributed by atoms with Gasteiger partial charge in [0.1, 0.15) is 5.75 Å². The Bertz CT molecular complexity index is 632. The van der Waals surface area contributed by atoms with Gasteiger partial charge in [0.2, 0.25) is 11.6 Å². The maximum absolute atomic E-state index is 12.3. The maximum atomic E-state index is 12.3. The van der Waals surface area contributed by atoms with Crippen molar-refractivity contribution in [3.63, 3.8) is 0 Å². The third kappa shape index (κ3) is 2.91. The van der Waals surface area contributed by atoms with Gasteiger partial charge < -0.3 is 4.74 Å². The van der Waals surface area contributed by atoms with Crippen LogP contribution in [-0.2, 0) is 0 Å². The van der Waals surface area contributed by atoms with Crippen LogP contribution in [0.3, 0.4) is 0 Å². The number of hydrogen-bond donors (Lipinski definition) is 0. The van der Waals surface area contributed by atoms with E-state index in [9.17, 15) is 9.59 Å². The van der Waals surface area contributed by atoms with Gasteiger partial charge in [0.25, 0.3) is 0 Å². The molecule has 0 bridgehead atoms. The van der Waals surface area contributed by atoms with Crippen LogP contribution in [0.25, 0.3) is 0 Å². The molecular formula is C16H14O3S. The highest BCUT2D eigenvalue weighted by molar-refractivity contribution is 7.98. The topological polar surface area (TPSA) is 43.4 Å². The lowest BCUT2D eigenvalue weighted by molar-refractivity contribution is 0.0815. The largest absolute Gasteiger partial charge is 0.497 e. The Balaban J connectivity index is 2.30. The molecule has 0 saturated heterocycles. The molecule has 0 aromatic heterocycles. The summed E-state index contributed by atoms with van der Waals surface area (Å²) in [5.74, 6) is -0.340. The van der Waals surface area contributed by atoms with E-state index in [0.717, 1.165) is 4.90 Å². The van der Waals surface area contributed by atoms with Crippen LogP contribution in [0, 0.1) is 0 Å². The number of ether oxygens (including phenoxy) is 1. The molecule has 2 rings (SSSR count). The number of Topliss-reactive ketones (excluding diaryl/α,β-unsaturated/α-hetero) is 2. The number of rotatable bonds is 5. The molecule has 102 valence electrons. The zero-order chi connectivity index (χ0) is 14.5. The third-order valence-electron chi connectivity index (χ3n) is 2.91. The minimum atomic E-state index is -0.505. The van der Waals surface area contributed by atoms with Crippen LogP contribution in [0.1, 0.15) is 20.7 Å². The van der Waals surface area contributed by atoms with Gasteiger partial charge in [-0.25, -0.2) is 0 Å². The van der Waals surface area contributed by atoms with Gasteiger partial charge in [-0.2, -0.15) is 0 Å². The molecule has 0 N–H and O–H groups in total. The number of thioether (sulfide) groups is 1. The van der Waals surface area contributed by atoms with Crippen LogP contribution in [0.5, 0.6) is 5.75 Å². The number of methoxy groups -OCH3 is 1. The molecule has 0 aliphatic rings. The SMILES string of the molecule is COc1ccc(C(=O)C(=O)c2ccccc2SC)cc1. The van der Waals surface area contributed by atoms with Crippen LogP contribution in [-0.4, -0.2) is 24.9 Å². The monoisotopic (exact) mass is 286 g/mol. The highest BCUT2D eigenvalue weighted by Gasteiger charge is 2.20. The second-order valence-electron chi connectivity index (χ2n) is 4.09. The number of benzene rings is 2. The molecule has 0 atom stereocenters. The summed E-state index contributed by atoms with van der Waals surface area (Å²) in [5.41, 5.74) is 0.813. The number of carbonyl (C=O) groups is 2. The maximum Gasteiger partial charge on any atom is 0.234 e. The number of carbonyl (C=O) groups excluding carboxylic acids is 2. The molecule has 0 heterocycles. The summed E-state index contributed by atoms with van der Waals surface area (Å²) in [5, 5.41) is 0. The van der Waals surface area contributed by atoms with Crippen LogP contribution in [0.4, 0.5) is 0 Å². The van der Waals surface area contributed by atoms with Crippen molar-refractivity contribution in [2.75, 3.05) is 13.4 Å². The van der Waals surface area contributed by atoms with Crippen molar-refractivity contribution in [1.29, 1.82) is 0 Å². The first-order valence-corrected chi connectivity index (χ1v) is 7.26. The highest BCUT2D eigenvalue weighted by Crippen LogP contribution is 2.22. The van der Waals surface area contributed by atoms with Crippen molar-refractivity contribution in [2.24, 2.45) is 0 Å². The van der Waals surface area contributed by atoms with E-state index in [1.54, 1.807) is 43.5 Å². The summed E-state index contributed by atoms with van der Waals surface area (Å²) < 4.78 is 5.03. The molecule has 0 saturated carbocycles. The molecular weight excluding hydrogens is 272 g/mol. The van der Waals surface area contributed by atoms with E-state index in [2.05, 4.69) is 0 Å². The predicted molar refractivity (Wildman–Crippen MR) is 79.9 cm³/mol. The van der Waals surface area contributed by atoms with E-state index in [4.69, 9.17) is 4.74 Å². The van der Waals surface area contributed by atoms with Crippen molar-refractivity contribution in [2.45, 2.75) is 4.90 Å². The predicted octanol–water partition coefficient (Wildman–Crippen LogP) is 3.48. The molecule has 2 aromatic rings. The Morgan fingerprint density at radius 2 is 1.60 bits per heavy atom. The molecule has 3 nitrogen and oxygen atoms in total. The first-order valence-electron chi connectivity index (χ1n) is 6.03. The van der Waals surface area contributed by atoms with Gasteiger partial charge in [0.15, 0.2) is 0 Å². The quantitative estimate of drug-likeness (QED) is 0.479. The minimum absolute atomic E-state index is 0.367. The summed E-state index contributed by atoms with van der Waals surface area (Å²) in [7, 11) is 1.55. The van der Waals surface area contributed by atoms with Gasteiger partial charge in [-0.3, -0.25) is 9.59 Å². The number of ketones is 2. The summed E-state index contributed by atoms with van der Waals surface area (Å²) in [6.45, 7) is 0. The standard InChI is InChI=1S/C16H14O3S/c1-19-12-9-7-11(8-10-12)15(17)16(18)13-5-3-4-6-14(13)20-2/h3-10H,1-2H3. The van der Waals surface area contributed by atoms with E-state index in [1.165, 1.54) is 11.8 Å². The first kappa shape index (κ1) is 14.3. The first-order chi connectivity index (χ1) is 9.67. The average molecular weight is 286 g/mol. The summed E-state index contributed by atoms with van der Waals surface area (Å²) in [6, 6.07) is 13.6. The van der Waals surface area contributed by atoms with Gasteiger partial charge in [-0.15, -0.1) is 11.8 Å². The van der Waals surface area contributed by atoms with E-state index in [1.807, 2.05) is 18.4 Å². The lowest BCUT2D eigenvalue weighted by atomic mass is 10.0. The van der Waals surface area contributed by atoms with Gasteiger partial charge in [-0.1, -0.05) is 12.1 Å². The lowest BCUT2D eigenvalue weighted by Crippen LogP contribution is -2.15. The fourth-order valence-corrected chi connectivity index (χ4v) is 2.42. The van der Waals surface area contributed by atoms with Gasteiger partial charge in [0, 0.05) is 16.0 Å². The molecule has 0 aliphatic heterocycles. The van der Waals surface area contributed by atoms with E-state index >= 15 is 0 Å². The van der Waals surface area contributed by atoms with Gasteiger partial charge >= 0.3 is 0 Å². The van der Waals surface area contributed by atoms with E-state index < -0.39 is 11.6 Å². The van der Waals surface area contributed by atoms with Crippen molar-refractivity contribution < 1.29 is 14.3 Å². The van der Waals surface area contributed by atoms with Crippen LogP contribution < -0.4 is 4.74 Å². The highest BCUT2D eigenvalue weighted by atomic mass is 32.2. The summed E-state index contributed by atoms with van der Waals surface area (Å²) >= 11 is 1.45. The normalized spacial score (nSPS) is 10.1. The fourth-order valence-electron chi connectivity index (χ4n) is 1.83. The summed E-state index contributed by atoms with van der Waals surface area (Å²) in [4.78, 5) is 25.3. The Kier molecular flexibility index (Phi) is 4.58. The summed E-state index contributed by atoms with van der Waals surface area (Å²) in [6.07, 6.45) is 1.88. The number of hydrogen-bond acceptors (Lipinski definition) is 4. The molecule has 0 amide bonds. The van der Waals surface area contributed by atoms with E-state index in [0.29, 0.717) is 16.9 Å². The Labute approximate surface area is 122 Å². The van der Waals surface area contributed by atoms with Crippen LogP contribution in [0.15, 0.2) is 53.4 Å². The van der Waals surface area contributed by atoms with Crippen molar-refractivity contribution >= 4 is 23.3 Å². The van der Waals surface area contributed by atoms with Crippen molar-refractivity contribution in [3.05, 3.63) is 59.7 Å². The third-order valence-corrected chi connectivity index (χ3v) is 3.71. The minimum Gasteiger partial charge on any atom is -0.497 e. The van der Waals surface area contributed by atoms with E-state index in [-0.39, 0.29) is 0 Å². The Morgan fingerprint density at radius 3 is 2.20 bits per heavy atom. The molecule has 2 aromatic carbocycles. The molecule has 4 heteroatoms. The molecule has 0 aliphatic carbocycles. The van der Waals surface area contributed by atoms with Crippen molar-refractivity contribution in [3.8, 4) is 5.75 Å². The lowest BCUT2D eigenvalue weighted by Gasteiger charge is -2.06. The molecule has 0 spiro atoms. The van der Waals surface area contributed by atoms with Crippen molar-refractivity contribution in [1.82, 2.24) is 0 Å². The van der Waals surface area contributed by atoms with Gasteiger partial charge in [0.05, 0.1) is 7.11 Å². The molecule has 0 fully saturated rings. The zero-order valence-corrected chi connectivity index (χ0v) is 12.1. The molecule has 0 radical (unpaired) electrons. The van der Waals surface area contributed by atoms with Crippen LogP contribution in [0.2, 0.25) is 0 Å². The zero-order valence-electron chi connectivity index (χ0n) is 11.3. The Morgan fingerprint density at radius 1 is 0.950 bits per heavy atom.